The molecular weight excluding hydrogens is 460 g/mol. The van der Waals surface area contributed by atoms with Gasteiger partial charge in [-0.1, -0.05) is 6.07 Å². The highest BCUT2D eigenvalue weighted by Crippen LogP contribution is 2.39. The second-order valence-corrected chi connectivity index (χ2v) is 8.89. The average molecular weight is 488 g/mol. The van der Waals surface area contributed by atoms with Crippen LogP contribution >= 0.6 is 0 Å². The molecule has 2 aromatic rings. The largest absolute Gasteiger partial charge is 0.489 e. The maximum absolute atomic E-state index is 13.0. The van der Waals surface area contributed by atoms with E-state index in [1.807, 2.05) is 0 Å². The number of nitrogens with two attached hydrogens (primary N) is 1. The molecule has 1 aliphatic carbocycles. The van der Waals surface area contributed by atoms with Gasteiger partial charge in [0.25, 0.3) is 0 Å². The van der Waals surface area contributed by atoms with Gasteiger partial charge < -0.3 is 25.4 Å². The first kappa shape index (κ1) is 24.4. The van der Waals surface area contributed by atoms with Crippen LogP contribution in [0.25, 0.3) is 0 Å². The zero-order valence-electron chi connectivity index (χ0n) is 19.2. The lowest BCUT2D eigenvalue weighted by Gasteiger charge is -2.22. The van der Waals surface area contributed by atoms with E-state index in [1.54, 1.807) is 24.3 Å². The molecule has 1 aliphatic heterocycles. The van der Waals surface area contributed by atoms with Crippen molar-refractivity contribution in [3.63, 3.8) is 0 Å². The first-order valence-electron chi connectivity index (χ1n) is 11.4. The molecular formula is C25H27F2N3O5. The van der Waals surface area contributed by atoms with Crippen molar-refractivity contribution >= 4 is 23.4 Å². The molecule has 1 unspecified atom stereocenters. The van der Waals surface area contributed by atoms with Crippen LogP contribution in [-0.4, -0.2) is 48.4 Å². The maximum Gasteiger partial charge on any atom is 0.387 e. The number of carbonyl (C=O) groups excluding carboxylic acids is 3. The van der Waals surface area contributed by atoms with Crippen molar-refractivity contribution in [2.45, 2.75) is 44.8 Å². The molecule has 3 N–H and O–H groups in total. The quantitative estimate of drug-likeness (QED) is 0.562. The fourth-order valence-electron chi connectivity index (χ4n) is 4.19. The number of nitrogens with one attached hydrogen (secondary N) is 1. The highest BCUT2D eigenvalue weighted by molar-refractivity contribution is 5.98. The number of rotatable bonds is 9. The minimum Gasteiger partial charge on any atom is -0.489 e. The minimum absolute atomic E-state index is 0.0421. The van der Waals surface area contributed by atoms with Gasteiger partial charge in [-0.25, -0.2) is 0 Å². The molecule has 2 atom stereocenters. The number of amides is 3. The molecule has 0 spiro atoms. The lowest BCUT2D eigenvalue weighted by atomic mass is 9.95. The van der Waals surface area contributed by atoms with Crippen molar-refractivity contribution in [3.8, 4) is 11.5 Å². The number of hydrogen-bond donors (Lipinski definition) is 2. The zero-order valence-corrected chi connectivity index (χ0v) is 19.2. The number of anilines is 1. The van der Waals surface area contributed by atoms with Gasteiger partial charge in [-0.2, -0.15) is 8.78 Å². The van der Waals surface area contributed by atoms with E-state index in [2.05, 4.69) is 10.1 Å². The molecule has 3 amide bonds. The molecule has 0 aromatic heterocycles. The Morgan fingerprint density at radius 1 is 1.11 bits per heavy atom. The van der Waals surface area contributed by atoms with Crippen LogP contribution in [0, 0.1) is 5.92 Å². The Labute approximate surface area is 201 Å². The fraction of sp³-hybridized carbons (Fsp3) is 0.400. The monoisotopic (exact) mass is 487 g/mol. The molecule has 186 valence electrons. The predicted molar refractivity (Wildman–Crippen MR) is 123 cm³/mol. The van der Waals surface area contributed by atoms with E-state index < -0.39 is 18.6 Å². The van der Waals surface area contributed by atoms with E-state index in [9.17, 15) is 23.2 Å². The van der Waals surface area contributed by atoms with E-state index in [0.717, 1.165) is 18.4 Å². The average Bonchev–Trinajstić information content (AvgIpc) is 3.53. The number of likely N-dealkylation sites (tertiary alicyclic amines) is 1. The summed E-state index contributed by atoms with van der Waals surface area (Å²) in [6.45, 7) is -0.861. The van der Waals surface area contributed by atoms with Gasteiger partial charge in [-0.05, 0) is 67.1 Å². The topological polar surface area (TPSA) is 111 Å². The number of primary amides is 1. The van der Waals surface area contributed by atoms with E-state index >= 15 is 0 Å². The van der Waals surface area contributed by atoms with Gasteiger partial charge in [0.15, 0.2) is 11.5 Å². The Hall–Kier alpha value is -3.69. The summed E-state index contributed by atoms with van der Waals surface area (Å²) in [6.07, 6.45) is 2.44. The number of nitrogens with zero attached hydrogens (tertiary/aromatic N) is 1. The summed E-state index contributed by atoms with van der Waals surface area (Å²) in [5.74, 6) is -0.781. The third-order valence-electron chi connectivity index (χ3n) is 6.27. The maximum atomic E-state index is 13.0. The summed E-state index contributed by atoms with van der Waals surface area (Å²) >= 11 is 0. The molecule has 1 saturated heterocycles. The molecule has 35 heavy (non-hydrogen) atoms. The molecule has 4 rings (SSSR count). The fourth-order valence-corrected chi connectivity index (χ4v) is 4.19. The third kappa shape index (κ3) is 6.06. The smallest absolute Gasteiger partial charge is 0.387 e. The summed E-state index contributed by atoms with van der Waals surface area (Å²) in [5, 5.41) is 2.78. The molecule has 1 saturated carbocycles. The van der Waals surface area contributed by atoms with Gasteiger partial charge in [-0.3, -0.25) is 14.4 Å². The summed E-state index contributed by atoms with van der Waals surface area (Å²) in [7, 11) is 0. The summed E-state index contributed by atoms with van der Waals surface area (Å²) in [5.41, 5.74) is 6.79. The molecule has 2 aliphatic rings. The van der Waals surface area contributed by atoms with E-state index in [4.69, 9.17) is 10.5 Å². The lowest BCUT2D eigenvalue weighted by Crippen LogP contribution is -2.42. The molecule has 2 aromatic carbocycles. The second kappa shape index (κ2) is 10.3. The number of halogens is 2. The van der Waals surface area contributed by atoms with Crippen molar-refractivity contribution < 1.29 is 32.6 Å². The molecule has 0 bridgehead atoms. The molecule has 1 heterocycles. The van der Waals surface area contributed by atoms with Gasteiger partial charge in [-0.15, -0.1) is 0 Å². The number of alkyl halides is 2. The normalized spacial score (nSPS) is 19.5. The Kier molecular flexibility index (Phi) is 7.18. The lowest BCUT2D eigenvalue weighted by molar-refractivity contribution is -0.134. The second-order valence-electron chi connectivity index (χ2n) is 8.89. The number of ether oxygens (including phenoxy) is 2. The molecule has 2 fully saturated rings. The van der Waals surface area contributed by atoms with Gasteiger partial charge in [0.1, 0.15) is 6.04 Å². The predicted octanol–water partition coefficient (Wildman–Crippen LogP) is 3.52. The SMILES string of the molecule is CC(=O)N1CC(c2ccc(OC(F)F)c(OCC3CC3)c2)C[C@@H]1C(=O)Nc1ccc(C(N)=O)cc1. The third-order valence-corrected chi connectivity index (χ3v) is 6.27. The molecule has 8 nitrogen and oxygen atoms in total. The summed E-state index contributed by atoms with van der Waals surface area (Å²) in [6, 6.07) is 10.2. The summed E-state index contributed by atoms with van der Waals surface area (Å²) < 4.78 is 36.1. The van der Waals surface area contributed by atoms with E-state index in [1.165, 1.54) is 30.0 Å². The van der Waals surface area contributed by atoms with Crippen molar-refractivity contribution in [1.29, 1.82) is 0 Å². The van der Waals surface area contributed by atoms with Crippen LogP contribution in [-0.2, 0) is 9.59 Å². The molecule has 10 heteroatoms. The van der Waals surface area contributed by atoms with Crippen LogP contribution in [0.1, 0.15) is 48.0 Å². The Balaban J connectivity index is 1.50. The zero-order chi connectivity index (χ0) is 25.1. The first-order valence-corrected chi connectivity index (χ1v) is 11.4. The minimum atomic E-state index is -2.98. The summed E-state index contributed by atoms with van der Waals surface area (Å²) in [4.78, 5) is 38.1. The van der Waals surface area contributed by atoms with E-state index in [0.29, 0.717) is 36.7 Å². The van der Waals surface area contributed by atoms with E-state index in [-0.39, 0.29) is 29.2 Å². The Morgan fingerprint density at radius 2 is 1.83 bits per heavy atom. The van der Waals surface area contributed by atoms with Crippen LogP contribution in [0.3, 0.4) is 0 Å². The van der Waals surface area contributed by atoms with Crippen molar-refractivity contribution in [2.24, 2.45) is 11.7 Å². The first-order chi connectivity index (χ1) is 16.7. The Morgan fingerprint density at radius 3 is 2.43 bits per heavy atom. The standard InChI is InChI=1S/C25H27F2N3O5/c1-14(31)30-12-18(10-20(30)24(33)29-19-7-4-16(5-8-19)23(28)32)17-6-9-21(35-25(26)27)22(11-17)34-13-15-2-3-15/h4-9,11,15,18,20,25H,2-3,10,12-13H2,1H3,(H2,28,32)(H,29,33)/t18?,20-/m1/s1. The van der Waals surface area contributed by atoms with Crippen LogP contribution in [0.2, 0.25) is 0 Å². The highest BCUT2D eigenvalue weighted by atomic mass is 19.3. The molecule has 0 radical (unpaired) electrons. The van der Waals surface area contributed by atoms with Crippen LogP contribution in [0.5, 0.6) is 11.5 Å². The highest BCUT2D eigenvalue weighted by Gasteiger charge is 2.39. The van der Waals surface area contributed by atoms with Gasteiger partial charge >= 0.3 is 6.61 Å². The van der Waals surface area contributed by atoms with Crippen molar-refractivity contribution in [2.75, 3.05) is 18.5 Å². The Bertz CT molecular complexity index is 1100. The van der Waals surface area contributed by atoms with Gasteiger partial charge in [0.2, 0.25) is 17.7 Å². The van der Waals surface area contributed by atoms with Crippen molar-refractivity contribution in [3.05, 3.63) is 53.6 Å². The van der Waals surface area contributed by atoms with Crippen molar-refractivity contribution in [1.82, 2.24) is 4.90 Å². The number of benzene rings is 2. The van der Waals surface area contributed by atoms with Crippen LogP contribution in [0.4, 0.5) is 14.5 Å². The van der Waals surface area contributed by atoms with Crippen LogP contribution < -0.4 is 20.5 Å². The van der Waals surface area contributed by atoms with Crippen LogP contribution in [0.15, 0.2) is 42.5 Å². The number of hydrogen-bond acceptors (Lipinski definition) is 5. The number of carbonyl (C=O) groups is 3. The van der Waals surface area contributed by atoms with Gasteiger partial charge in [0, 0.05) is 30.6 Å². The van der Waals surface area contributed by atoms with Gasteiger partial charge in [0.05, 0.1) is 6.61 Å².